The number of aliphatic carboxylic acids is 1. The van der Waals surface area contributed by atoms with Gasteiger partial charge in [0.1, 0.15) is 11.9 Å². The van der Waals surface area contributed by atoms with Crippen molar-refractivity contribution in [2.24, 2.45) is 0 Å². The van der Waals surface area contributed by atoms with E-state index in [0.717, 1.165) is 6.07 Å². The van der Waals surface area contributed by atoms with E-state index in [1.807, 2.05) is 6.26 Å². The summed E-state index contributed by atoms with van der Waals surface area (Å²) in [6, 6.07) is 2.92. The van der Waals surface area contributed by atoms with Crippen LogP contribution in [-0.4, -0.2) is 35.0 Å². The molecule has 1 aromatic rings. The van der Waals surface area contributed by atoms with Gasteiger partial charge in [-0.25, -0.2) is 9.18 Å². The van der Waals surface area contributed by atoms with Crippen LogP contribution in [0.2, 0.25) is 0 Å². The highest BCUT2D eigenvalue weighted by Gasteiger charge is 2.21. The molecule has 1 atom stereocenters. The number of carbonyl (C=O) groups is 2. The van der Waals surface area contributed by atoms with Crippen molar-refractivity contribution in [3.05, 3.63) is 34.1 Å². The minimum absolute atomic E-state index is 0.176. The summed E-state index contributed by atoms with van der Waals surface area (Å²) in [4.78, 5) is 22.9. The van der Waals surface area contributed by atoms with Gasteiger partial charge in [-0.3, -0.25) is 4.79 Å². The molecular weight excluding hydrogens is 337 g/mol. The first-order chi connectivity index (χ1) is 8.95. The smallest absolute Gasteiger partial charge is 0.326 e. The molecule has 0 fully saturated rings. The summed E-state index contributed by atoms with van der Waals surface area (Å²) in [7, 11) is 0. The molecule has 104 valence electrons. The molecule has 1 amide bonds. The number of hydrogen-bond donors (Lipinski definition) is 2. The van der Waals surface area contributed by atoms with Gasteiger partial charge >= 0.3 is 5.97 Å². The second kappa shape index (κ2) is 7.49. The third-order valence-electron chi connectivity index (χ3n) is 2.39. The van der Waals surface area contributed by atoms with Crippen molar-refractivity contribution >= 4 is 39.6 Å². The van der Waals surface area contributed by atoms with Crippen LogP contribution in [0.5, 0.6) is 0 Å². The Morgan fingerprint density at radius 1 is 1.53 bits per heavy atom. The van der Waals surface area contributed by atoms with E-state index in [2.05, 4.69) is 21.2 Å². The number of nitrogens with one attached hydrogen (secondary N) is 1. The minimum atomic E-state index is -1.13. The van der Waals surface area contributed by atoms with Gasteiger partial charge in [0.25, 0.3) is 5.91 Å². The van der Waals surface area contributed by atoms with Crippen LogP contribution in [-0.2, 0) is 4.79 Å². The number of amides is 1. The second-order valence-corrected chi connectivity index (χ2v) is 5.67. The van der Waals surface area contributed by atoms with E-state index in [4.69, 9.17) is 5.11 Å². The highest BCUT2D eigenvalue weighted by atomic mass is 79.9. The summed E-state index contributed by atoms with van der Waals surface area (Å²) in [5, 5.41) is 11.3. The molecule has 0 unspecified atom stereocenters. The Kier molecular flexibility index (Phi) is 6.30. The molecule has 2 N–H and O–H groups in total. The van der Waals surface area contributed by atoms with Gasteiger partial charge in [-0.1, -0.05) is 15.9 Å². The van der Waals surface area contributed by atoms with E-state index in [1.54, 1.807) is 0 Å². The van der Waals surface area contributed by atoms with Crippen LogP contribution in [0, 0.1) is 5.82 Å². The zero-order valence-electron chi connectivity index (χ0n) is 10.2. The molecule has 0 aliphatic carbocycles. The van der Waals surface area contributed by atoms with Crippen LogP contribution in [0.15, 0.2) is 22.7 Å². The van der Waals surface area contributed by atoms with Crippen LogP contribution in [0.3, 0.4) is 0 Å². The molecule has 19 heavy (non-hydrogen) atoms. The Balaban J connectivity index is 2.81. The zero-order chi connectivity index (χ0) is 14.4. The first kappa shape index (κ1) is 16.0. The average Bonchev–Trinajstić information content (AvgIpc) is 2.36. The van der Waals surface area contributed by atoms with E-state index in [0.29, 0.717) is 10.2 Å². The summed E-state index contributed by atoms with van der Waals surface area (Å²) < 4.78 is 14.0. The van der Waals surface area contributed by atoms with Crippen LogP contribution in [0.25, 0.3) is 0 Å². The largest absolute Gasteiger partial charge is 0.480 e. The quantitative estimate of drug-likeness (QED) is 0.828. The van der Waals surface area contributed by atoms with Gasteiger partial charge in [0.15, 0.2) is 0 Å². The molecule has 0 saturated carbocycles. The predicted octanol–water partition coefficient (Wildman–Crippen LogP) is 2.52. The van der Waals surface area contributed by atoms with Crippen LogP contribution in [0.1, 0.15) is 16.8 Å². The summed E-state index contributed by atoms with van der Waals surface area (Å²) in [5.41, 5.74) is -0.176. The third kappa shape index (κ3) is 4.83. The van der Waals surface area contributed by atoms with Crippen LogP contribution in [0.4, 0.5) is 4.39 Å². The lowest BCUT2D eigenvalue weighted by molar-refractivity contribution is -0.139. The number of halogens is 2. The van der Waals surface area contributed by atoms with E-state index in [1.165, 1.54) is 23.9 Å². The molecule has 0 spiro atoms. The Bertz CT molecular complexity index is 484. The van der Waals surface area contributed by atoms with Crippen molar-refractivity contribution in [3.8, 4) is 0 Å². The molecule has 0 aliphatic heterocycles. The maximum atomic E-state index is 13.5. The van der Waals surface area contributed by atoms with Crippen LogP contribution < -0.4 is 5.32 Å². The molecule has 0 radical (unpaired) electrons. The molecular formula is C12H13BrFNO3S. The molecule has 0 aromatic heterocycles. The summed E-state index contributed by atoms with van der Waals surface area (Å²) >= 11 is 4.62. The second-order valence-electron chi connectivity index (χ2n) is 3.77. The number of hydrogen-bond acceptors (Lipinski definition) is 3. The van der Waals surface area contributed by atoms with E-state index >= 15 is 0 Å². The zero-order valence-corrected chi connectivity index (χ0v) is 12.6. The van der Waals surface area contributed by atoms with E-state index in [-0.39, 0.29) is 12.0 Å². The molecule has 7 heteroatoms. The van der Waals surface area contributed by atoms with Crippen LogP contribution >= 0.6 is 27.7 Å². The standard InChI is InChI=1S/C12H13BrFNO3S/c1-19-5-4-10(12(17)18)15-11(16)8-6-7(13)2-3-9(8)14/h2-3,6,10H,4-5H2,1H3,(H,15,16)(H,17,18)/t10-/m1/s1. The summed E-state index contributed by atoms with van der Waals surface area (Å²) in [5.74, 6) is -1.95. The number of rotatable bonds is 6. The Hall–Kier alpha value is -1.08. The topological polar surface area (TPSA) is 66.4 Å². The number of carboxylic acid groups (broad SMARTS) is 1. The van der Waals surface area contributed by atoms with Crippen molar-refractivity contribution < 1.29 is 19.1 Å². The summed E-state index contributed by atoms with van der Waals surface area (Å²) in [6.45, 7) is 0. The average molecular weight is 350 g/mol. The fourth-order valence-corrected chi connectivity index (χ4v) is 2.23. The first-order valence-corrected chi connectivity index (χ1v) is 7.62. The predicted molar refractivity (Wildman–Crippen MR) is 76.0 cm³/mol. The molecule has 1 rings (SSSR count). The maximum absolute atomic E-state index is 13.5. The van der Waals surface area contributed by atoms with Crippen molar-refractivity contribution in [2.75, 3.05) is 12.0 Å². The van der Waals surface area contributed by atoms with Gasteiger partial charge in [-0.15, -0.1) is 0 Å². The molecule has 0 bridgehead atoms. The van der Waals surface area contributed by atoms with Crippen molar-refractivity contribution in [3.63, 3.8) is 0 Å². The number of carbonyl (C=O) groups excluding carboxylic acids is 1. The maximum Gasteiger partial charge on any atom is 0.326 e. The van der Waals surface area contributed by atoms with Crippen molar-refractivity contribution in [2.45, 2.75) is 12.5 Å². The third-order valence-corrected chi connectivity index (χ3v) is 3.52. The van der Waals surface area contributed by atoms with Gasteiger partial charge < -0.3 is 10.4 Å². The Morgan fingerprint density at radius 2 is 2.21 bits per heavy atom. The number of benzene rings is 1. The molecule has 0 aliphatic rings. The monoisotopic (exact) mass is 349 g/mol. The van der Waals surface area contributed by atoms with E-state index < -0.39 is 23.7 Å². The highest BCUT2D eigenvalue weighted by Crippen LogP contribution is 2.16. The normalized spacial score (nSPS) is 11.9. The van der Waals surface area contributed by atoms with Crippen molar-refractivity contribution in [1.82, 2.24) is 5.32 Å². The van der Waals surface area contributed by atoms with Gasteiger partial charge in [0, 0.05) is 4.47 Å². The number of carboxylic acids is 1. The lowest BCUT2D eigenvalue weighted by atomic mass is 10.1. The fourth-order valence-electron chi connectivity index (χ4n) is 1.40. The van der Waals surface area contributed by atoms with Gasteiger partial charge in [0.2, 0.25) is 0 Å². The van der Waals surface area contributed by atoms with E-state index in [9.17, 15) is 14.0 Å². The SMILES string of the molecule is CSCC[C@@H](NC(=O)c1cc(Br)ccc1F)C(=O)O. The molecule has 0 heterocycles. The Morgan fingerprint density at radius 3 is 2.79 bits per heavy atom. The Labute approximate surface area is 122 Å². The lowest BCUT2D eigenvalue weighted by Gasteiger charge is -2.14. The fraction of sp³-hybridized carbons (Fsp3) is 0.333. The van der Waals surface area contributed by atoms with Gasteiger partial charge in [0.05, 0.1) is 5.56 Å². The van der Waals surface area contributed by atoms with Crippen molar-refractivity contribution in [1.29, 1.82) is 0 Å². The lowest BCUT2D eigenvalue weighted by Crippen LogP contribution is -2.41. The molecule has 1 aromatic carbocycles. The first-order valence-electron chi connectivity index (χ1n) is 5.43. The number of thioether (sulfide) groups is 1. The van der Waals surface area contributed by atoms with Gasteiger partial charge in [-0.05, 0) is 36.6 Å². The highest BCUT2D eigenvalue weighted by molar-refractivity contribution is 9.10. The molecule has 4 nitrogen and oxygen atoms in total. The minimum Gasteiger partial charge on any atom is -0.480 e. The summed E-state index contributed by atoms with van der Waals surface area (Å²) in [6.07, 6.45) is 2.13. The van der Waals surface area contributed by atoms with Gasteiger partial charge in [-0.2, -0.15) is 11.8 Å². The molecule has 0 saturated heterocycles.